The molecule has 29 heavy (non-hydrogen) atoms. The fourth-order valence-electron chi connectivity index (χ4n) is 3.24. The minimum Gasteiger partial charge on any atom is -0.495 e. The summed E-state index contributed by atoms with van der Waals surface area (Å²) in [5, 5.41) is 10.00. The Morgan fingerprint density at radius 1 is 1.38 bits per heavy atom. The maximum atomic E-state index is 5.51. The number of rotatable bonds is 7. The molecule has 3 rings (SSSR count). The number of aromatic nitrogens is 1. The van der Waals surface area contributed by atoms with Gasteiger partial charge in [0.05, 0.1) is 25.0 Å². The molecule has 7 nitrogen and oxygen atoms in total. The number of methoxy groups -OCH3 is 1. The highest BCUT2D eigenvalue weighted by Crippen LogP contribution is 2.30. The molecule has 0 spiro atoms. The quantitative estimate of drug-likeness (QED) is 0.326. The second kappa shape index (κ2) is 11.4. The van der Waals surface area contributed by atoms with Crippen LogP contribution in [-0.4, -0.2) is 57.8 Å². The van der Waals surface area contributed by atoms with Gasteiger partial charge in [-0.1, -0.05) is 12.1 Å². The molecule has 0 aliphatic carbocycles. The Morgan fingerprint density at radius 2 is 2.17 bits per heavy atom. The molecule has 0 amide bonds. The maximum Gasteiger partial charge on any atom is 0.191 e. The van der Waals surface area contributed by atoms with Gasteiger partial charge in [0, 0.05) is 45.2 Å². The largest absolute Gasteiger partial charge is 0.495 e. The van der Waals surface area contributed by atoms with Gasteiger partial charge in [0.25, 0.3) is 0 Å². The van der Waals surface area contributed by atoms with Crippen LogP contribution >= 0.6 is 35.3 Å². The molecule has 2 N–H and O–H groups in total. The number of benzene rings is 1. The first-order valence-corrected chi connectivity index (χ1v) is 10.5. The van der Waals surface area contributed by atoms with Crippen LogP contribution in [0.15, 0.2) is 34.6 Å². The van der Waals surface area contributed by atoms with Crippen molar-refractivity contribution in [3.05, 3.63) is 35.3 Å². The van der Waals surface area contributed by atoms with Gasteiger partial charge < -0.3 is 25.2 Å². The molecular weight excluding hydrogens is 499 g/mol. The zero-order valence-electron chi connectivity index (χ0n) is 17.5. The number of guanidine groups is 1. The van der Waals surface area contributed by atoms with Crippen molar-refractivity contribution in [2.24, 2.45) is 4.99 Å². The van der Waals surface area contributed by atoms with Crippen molar-refractivity contribution < 1.29 is 4.74 Å². The number of thiazole rings is 1. The van der Waals surface area contributed by atoms with Crippen molar-refractivity contribution in [3.63, 3.8) is 0 Å². The Balaban J connectivity index is 0.00000300. The zero-order chi connectivity index (χ0) is 19.9. The lowest BCUT2D eigenvalue weighted by Gasteiger charge is -2.22. The third kappa shape index (κ3) is 6.36. The van der Waals surface area contributed by atoms with Crippen LogP contribution in [0.25, 0.3) is 0 Å². The first-order chi connectivity index (χ1) is 13.6. The van der Waals surface area contributed by atoms with Crippen molar-refractivity contribution in [1.82, 2.24) is 15.6 Å². The second-order valence-corrected chi connectivity index (χ2v) is 7.80. The van der Waals surface area contributed by atoms with Gasteiger partial charge in [-0.2, -0.15) is 0 Å². The van der Waals surface area contributed by atoms with Crippen LogP contribution in [-0.2, 0) is 6.54 Å². The predicted octanol–water partition coefficient (Wildman–Crippen LogP) is 3.17. The topological polar surface area (TPSA) is 65.0 Å². The van der Waals surface area contributed by atoms with E-state index in [-0.39, 0.29) is 24.0 Å². The van der Waals surface area contributed by atoms with Gasteiger partial charge in [-0.05, 0) is 25.5 Å². The van der Waals surface area contributed by atoms with E-state index in [1.165, 1.54) is 0 Å². The summed E-state index contributed by atoms with van der Waals surface area (Å²) in [6, 6.07) is 8.53. The molecule has 9 heteroatoms. The zero-order valence-corrected chi connectivity index (χ0v) is 20.7. The lowest BCUT2D eigenvalue weighted by molar-refractivity contribution is 0.415. The smallest absolute Gasteiger partial charge is 0.191 e. The average Bonchev–Trinajstić information content (AvgIpc) is 3.36. The summed E-state index contributed by atoms with van der Waals surface area (Å²) in [4.78, 5) is 13.7. The molecular formula is C20H31IN6OS. The number of anilines is 2. The fraction of sp³-hybridized carbons (Fsp3) is 0.500. The van der Waals surface area contributed by atoms with E-state index in [0.717, 1.165) is 54.3 Å². The van der Waals surface area contributed by atoms with E-state index < -0.39 is 0 Å². The van der Waals surface area contributed by atoms with Crippen LogP contribution in [0.3, 0.4) is 0 Å². The van der Waals surface area contributed by atoms with E-state index in [2.05, 4.69) is 45.0 Å². The van der Waals surface area contributed by atoms with Crippen LogP contribution < -0.4 is 25.2 Å². The van der Waals surface area contributed by atoms with Crippen molar-refractivity contribution in [2.45, 2.75) is 25.9 Å². The van der Waals surface area contributed by atoms with Gasteiger partial charge in [0.2, 0.25) is 0 Å². The van der Waals surface area contributed by atoms with E-state index in [9.17, 15) is 0 Å². The molecule has 1 fully saturated rings. The molecule has 1 aliphatic rings. The maximum absolute atomic E-state index is 5.51. The van der Waals surface area contributed by atoms with Crippen LogP contribution in [0.4, 0.5) is 10.8 Å². The second-order valence-electron chi connectivity index (χ2n) is 6.96. The molecule has 1 unspecified atom stereocenters. The number of nitrogens with zero attached hydrogens (tertiary/aromatic N) is 4. The highest BCUT2D eigenvalue weighted by atomic mass is 127. The Morgan fingerprint density at radius 3 is 2.86 bits per heavy atom. The molecule has 2 heterocycles. The van der Waals surface area contributed by atoms with Crippen molar-refractivity contribution >= 4 is 52.1 Å². The summed E-state index contributed by atoms with van der Waals surface area (Å²) in [7, 11) is 5.73. The minimum absolute atomic E-state index is 0. The molecule has 2 aromatic rings. The molecule has 0 saturated carbocycles. The number of para-hydroxylation sites is 2. The van der Waals surface area contributed by atoms with E-state index in [1.54, 1.807) is 18.4 Å². The Kier molecular flexibility index (Phi) is 9.28. The highest BCUT2D eigenvalue weighted by Gasteiger charge is 2.25. The van der Waals surface area contributed by atoms with Crippen LogP contribution in [0, 0.1) is 0 Å². The van der Waals surface area contributed by atoms with Crippen LogP contribution in [0.2, 0.25) is 0 Å². The number of hydrogen-bond donors (Lipinski definition) is 2. The summed E-state index contributed by atoms with van der Waals surface area (Å²) in [5.41, 5.74) is 2.14. The Bertz CT molecular complexity index is 797. The molecule has 0 radical (unpaired) electrons. The van der Waals surface area contributed by atoms with E-state index in [0.29, 0.717) is 12.6 Å². The molecule has 160 valence electrons. The number of nitrogens with one attached hydrogen (secondary N) is 2. The Labute approximate surface area is 194 Å². The van der Waals surface area contributed by atoms with Gasteiger partial charge in [-0.25, -0.2) is 9.98 Å². The normalized spacial score (nSPS) is 16.3. The van der Waals surface area contributed by atoms with Gasteiger partial charge in [-0.3, -0.25) is 0 Å². The number of ether oxygens (including phenoxy) is 1. The van der Waals surface area contributed by atoms with Crippen molar-refractivity contribution in [2.75, 3.05) is 50.6 Å². The first kappa shape index (κ1) is 23.5. The van der Waals surface area contributed by atoms with Crippen LogP contribution in [0.1, 0.15) is 19.0 Å². The lowest BCUT2D eigenvalue weighted by atomic mass is 10.2. The minimum atomic E-state index is 0. The lowest BCUT2D eigenvalue weighted by Crippen LogP contribution is -2.44. The van der Waals surface area contributed by atoms with Gasteiger partial charge >= 0.3 is 0 Å². The summed E-state index contributed by atoms with van der Waals surface area (Å²) < 4.78 is 5.51. The van der Waals surface area contributed by atoms with Crippen molar-refractivity contribution in [1.29, 1.82) is 0 Å². The van der Waals surface area contributed by atoms with E-state index >= 15 is 0 Å². The SMILES string of the molecule is CCNC(=NCc1csc(N(C)C)n1)NC1CCN(c2ccccc2OC)C1.I. The van der Waals surface area contributed by atoms with Crippen molar-refractivity contribution in [3.8, 4) is 5.75 Å². The standard InChI is InChI=1S/C20H30N6OS.HI/c1-5-21-19(22-12-16-14-28-20(24-16)25(2)3)23-15-10-11-26(13-15)17-8-6-7-9-18(17)27-4;/h6-9,14-15H,5,10-13H2,1-4H3,(H2,21,22,23);1H. The summed E-state index contributed by atoms with van der Waals surface area (Å²) in [6.07, 6.45) is 1.06. The molecule has 1 atom stereocenters. The third-order valence-corrected chi connectivity index (χ3v) is 5.68. The van der Waals surface area contributed by atoms with E-state index in [1.807, 2.05) is 31.1 Å². The molecule has 0 bridgehead atoms. The predicted molar refractivity (Wildman–Crippen MR) is 133 cm³/mol. The molecule has 1 saturated heterocycles. The third-order valence-electron chi connectivity index (χ3n) is 4.62. The molecule has 1 aromatic carbocycles. The van der Waals surface area contributed by atoms with Gasteiger partial charge in [-0.15, -0.1) is 35.3 Å². The average molecular weight is 530 g/mol. The van der Waals surface area contributed by atoms with Gasteiger partial charge in [0.15, 0.2) is 11.1 Å². The summed E-state index contributed by atoms with van der Waals surface area (Å²) in [5.74, 6) is 1.76. The van der Waals surface area contributed by atoms with Crippen LogP contribution in [0.5, 0.6) is 5.75 Å². The number of hydrogen-bond acceptors (Lipinski definition) is 6. The fourth-order valence-corrected chi connectivity index (χ4v) is 3.99. The molecule has 1 aromatic heterocycles. The Hall–Kier alpha value is -1.75. The highest BCUT2D eigenvalue weighted by molar-refractivity contribution is 14.0. The van der Waals surface area contributed by atoms with Gasteiger partial charge in [0.1, 0.15) is 5.75 Å². The first-order valence-electron chi connectivity index (χ1n) is 9.65. The summed E-state index contributed by atoms with van der Waals surface area (Å²) in [6.45, 7) is 5.40. The summed E-state index contributed by atoms with van der Waals surface area (Å²) >= 11 is 1.64. The molecule has 1 aliphatic heterocycles. The monoisotopic (exact) mass is 530 g/mol. The van der Waals surface area contributed by atoms with E-state index in [4.69, 9.17) is 9.73 Å². The number of halogens is 1. The number of aliphatic imine (C=N–C) groups is 1.